The van der Waals surface area contributed by atoms with E-state index in [9.17, 15) is 0 Å². The maximum absolute atomic E-state index is 4.25. The average Bonchev–Trinajstić information content (AvgIpc) is 1.72. The second-order valence-electron chi connectivity index (χ2n) is 0.677. The van der Waals surface area contributed by atoms with E-state index >= 15 is 0 Å². The second kappa shape index (κ2) is 1.40. The van der Waals surface area contributed by atoms with Crippen LogP contribution in [0.1, 0.15) is 0 Å². The molecule has 1 aliphatic rings. The predicted octanol–water partition coefficient (Wildman–Crippen LogP) is 0.374. The lowest BCUT2D eigenvalue weighted by atomic mass is 11.0. The van der Waals surface area contributed by atoms with Gasteiger partial charge in [-0.25, -0.2) is 0 Å². The Balaban J connectivity index is 2.40. The van der Waals surface area contributed by atoms with Crippen molar-refractivity contribution in [2.75, 3.05) is 0 Å². The van der Waals surface area contributed by atoms with E-state index in [0.717, 1.165) is 0 Å². The Morgan fingerprint density at radius 2 is 2.50 bits per heavy atom. The number of hydrogen-bond acceptors (Lipinski definition) is 3. The molecule has 0 fully saturated rings. The van der Waals surface area contributed by atoms with Crippen LogP contribution in [0, 0.1) is 0 Å². The highest BCUT2D eigenvalue weighted by atomic mass is 16.6. The highest BCUT2D eigenvalue weighted by Gasteiger charge is 1.78. The quantitative estimate of drug-likeness (QED) is 0.418. The van der Waals surface area contributed by atoms with Gasteiger partial charge in [0.25, 0.3) is 0 Å². The summed E-state index contributed by atoms with van der Waals surface area (Å²) >= 11 is 0. The molecule has 4 nitrogen and oxygen atoms in total. The largest absolute Gasteiger partial charge is 0.344 e. The van der Waals surface area contributed by atoms with Gasteiger partial charge in [0.05, 0.1) is 11.5 Å². The zero-order valence-corrected chi connectivity index (χ0v) is 2.90. The van der Waals surface area contributed by atoms with Crippen molar-refractivity contribution in [3.63, 3.8) is 0 Å². The SMILES string of the molecule is C1=CON=N[N]1. The minimum atomic E-state index is 1.34. The van der Waals surface area contributed by atoms with Gasteiger partial charge >= 0.3 is 0 Å². The van der Waals surface area contributed by atoms with E-state index in [-0.39, 0.29) is 0 Å². The summed E-state index contributed by atoms with van der Waals surface area (Å²) in [4.78, 5) is 4.25. The third kappa shape index (κ3) is 0.453. The fourth-order valence-electron chi connectivity index (χ4n) is 0.154. The van der Waals surface area contributed by atoms with Crippen LogP contribution in [0.5, 0.6) is 0 Å². The summed E-state index contributed by atoms with van der Waals surface area (Å²) in [6.45, 7) is 0. The molecule has 0 N–H and O–H groups in total. The van der Waals surface area contributed by atoms with Crippen LogP contribution in [0.25, 0.3) is 0 Å². The highest BCUT2D eigenvalue weighted by Crippen LogP contribution is 1.84. The van der Waals surface area contributed by atoms with Crippen molar-refractivity contribution in [3.05, 3.63) is 12.5 Å². The molecule has 0 aromatic rings. The summed E-state index contributed by atoms with van der Waals surface area (Å²) < 4.78 is 0. The Labute approximate surface area is 34.4 Å². The Kier molecular flexibility index (Phi) is 0.731. The maximum Gasteiger partial charge on any atom is 0.144 e. The van der Waals surface area contributed by atoms with Gasteiger partial charge in [-0.2, -0.15) is 0 Å². The van der Waals surface area contributed by atoms with Gasteiger partial charge in [0.1, 0.15) is 6.26 Å². The molecule has 0 saturated carbocycles. The van der Waals surface area contributed by atoms with E-state index in [0.29, 0.717) is 0 Å². The summed E-state index contributed by atoms with van der Waals surface area (Å²) in [5, 5.41) is 6.17. The van der Waals surface area contributed by atoms with Crippen LogP contribution in [0.3, 0.4) is 0 Å². The average molecular weight is 84.1 g/mol. The molecular weight excluding hydrogens is 82.0 g/mol. The minimum absolute atomic E-state index is 1.34. The molecule has 0 saturated heterocycles. The van der Waals surface area contributed by atoms with Gasteiger partial charge in [-0.15, -0.1) is 5.43 Å². The first-order valence-corrected chi connectivity index (χ1v) is 1.41. The van der Waals surface area contributed by atoms with Crippen LogP contribution in [-0.4, -0.2) is 0 Å². The molecular formula is C2H2N3O. The molecule has 31 valence electrons. The van der Waals surface area contributed by atoms with E-state index in [1.165, 1.54) is 12.5 Å². The second-order valence-corrected chi connectivity index (χ2v) is 0.677. The topological polar surface area (TPSA) is 48.1 Å². The first kappa shape index (κ1) is 3.14. The van der Waals surface area contributed by atoms with Crippen molar-refractivity contribution in [1.29, 1.82) is 0 Å². The maximum atomic E-state index is 4.25. The molecule has 6 heavy (non-hydrogen) atoms. The first-order valence-electron chi connectivity index (χ1n) is 1.41. The Morgan fingerprint density at radius 1 is 1.50 bits per heavy atom. The molecule has 0 unspecified atom stereocenters. The first-order chi connectivity index (χ1) is 3.00. The zero-order chi connectivity index (χ0) is 4.24. The van der Waals surface area contributed by atoms with Gasteiger partial charge in [0.2, 0.25) is 0 Å². The molecule has 0 atom stereocenters. The number of rotatable bonds is 0. The van der Waals surface area contributed by atoms with Crippen LogP contribution >= 0.6 is 0 Å². The molecule has 0 aliphatic carbocycles. The van der Waals surface area contributed by atoms with E-state index < -0.39 is 0 Å². The molecule has 1 rings (SSSR count). The summed E-state index contributed by atoms with van der Waals surface area (Å²) in [5.74, 6) is 0. The number of hydrogen-bond donors (Lipinski definition) is 0. The third-order valence-corrected chi connectivity index (χ3v) is 0.324. The van der Waals surface area contributed by atoms with Gasteiger partial charge in [-0.3, -0.25) is 0 Å². The van der Waals surface area contributed by atoms with Crippen molar-refractivity contribution < 1.29 is 4.84 Å². The monoisotopic (exact) mass is 84.0 g/mol. The minimum Gasteiger partial charge on any atom is -0.344 e. The lowest BCUT2D eigenvalue weighted by Gasteiger charge is -1.87. The Morgan fingerprint density at radius 3 is 2.67 bits per heavy atom. The zero-order valence-electron chi connectivity index (χ0n) is 2.90. The molecule has 0 aromatic carbocycles. The molecule has 0 amide bonds. The molecule has 1 radical (unpaired) electrons. The Bertz CT molecular complexity index is 66.8. The lowest BCUT2D eigenvalue weighted by molar-refractivity contribution is 0.216. The van der Waals surface area contributed by atoms with Gasteiger partial charge in [-0.1, -0.05) is 0 Å². The molecule has 1 heterocycles. The summed E-state index contributed by atoms with van der Waals surface area (Å²) in [5.41, 5.74) is 3.33. The van der Waals surface area contributed by atoms with Gasteiger partial charge in [0.15, 0.2) is 0 Å². The van der Waals surface area contributed by atoms with Crippen molar-refractivity contribution in [3.8, 4) is 0 Å². The molecule has 4 heteroatoms. The van der Waals surface area contributed by atoms with E-state index in [1.807, 2.05) is 0 Å². The number of nitrogens with zero attached hydrogens (tertiary/aromatic N) is 3. The third-order valence-electron chi connectivity index (χ3n) is 0.324. The molecule has 0 aromatic heterocycles. The highest BCUT2D eigenvalue weighted by molar-refractivity contribution is 4.66. The molecule has 0 spiro atoms. The van der Waals surface area contributed by atoms with Crippen LogP contribution < -0.4 is 5.43 Å². The van der Waals surface area contributed by atoms with Crippen molar-refractivity contribution >= 4 is 0 Å². The van der Waals surface area contributed by atoms with Gasteiger partial charge in [-0.05, 0) is 5.22 Å². The van der Waals surface area contributed by atoms with Crippen molar-refractivity contribution in [1.82, 2.24) is 5.43 Å². The fourth-order valence-corrected chi connectivity index (χ4v) is 0.154. The summed E-state index contributed by atoms with van der Waals surface area (Å²) in [6, 6.07) is 0. The lowest BCUT2D eigenvalue weighted by Crippen LogP contribution is -1.85. The smallest absolute Gasteiger partial charge is 0.144 e. The van der Waals surface area contributed by atoms with Crippen molar-refractivity contribution in [2.24, 2.45) is 10.5 Å². The van der Waals surface area contributed by atoms with E-state index in [1.54, 1.807) is 0 Å². The normalized spacial score (nSPS) is 16.0. The van der Waals surface area contributed by atoms with E-state index in [4.69, 9.17) is 0 Å². The molecule has 0 bridgehead atoms. The van der Waals surface area contributed by atoms with Gasteiger partial charge in [0, 0.05) is 0 Å². The van der Waals surface area contributed by atoms with Crippen LogP contribution in [0.4, 0.5) is 0 Å². The molecule has 1 aliphatic heterocycles. The standard InChI is InChI=1S/C2H2N3O/c1-2-6-5-4-3-1/h1-2H. The van der Waals surface area contributed by atoms with Gasteiger partial charge < -0.3 is 4.84 Å². The van der Waals surface area contributed by atoms with Crippen LogP contribution in [0.15, 0.2) is 23.0 Å². The Hall–Kier alpha value is -1.06. The fraction of sp³-hybridized carbons (Fsp3) is 0. The van der Waals surface area contributed by atoms with Crippen molar-refractivity contribution in [2.45, 2.75) is 0 Å². The predicted molar refractivity (Wildman–Crippen MR) is 17.2 cm³/mol. The summed E-state index contributed by atoms with van der Waals surface area (Å²) in [7, 11) is 0. The summed E-state index contributed by atoms with van der Waals surface area (Å²) in [6.07, 6.45) is 2.75. The van der Waals surface area contributed by atoms with Crippen LogP contribution in [-0.2, 0) is 4.84 Å². The van der Waals surface area contributed by atoms with Crippen LogP contribution in [0.2, 0.25) is 0 Å². The van der Waals surface area contributed by atoms with E-state index in [2.05, 4.69) is 20.8 Å².